The first-order valence-electron chi connectivity index (χ1n) is 4.02. The molecule has 0 atom stereocenters. The summed E-state index contributed by atoms with van der Waals surface area (Å²) in [7, 11) is 0. The summed E-state index contributed by atoms with van der Waals surface area (Å²) in [5.41, 5.74) is 2.11. The summed E-state index contributed by atoms with van der Waals surface area (Å²) in [5, 5.41) is 7.37. The molecule has 1 aromatic heterocycles. The summed E-state index contributed by atoms with van der Waals surface area (Å²) in [4.78, 5) is 0. The molecule has 1 N–H and O–H groups in total. The van der Waals surface area contributed by atoms with Crippen LogP contribution in [0.4, 0.5) is 5.82 Å². The molecular formula is C9H11N3. The van der Waals surface area contributed by atoms with Crippen LogP contribution in [0.1, 0.15) is 13.3 Å². The van der Waals surface area contributed by atoms with Gasteiger partial charge in [-0.15, -0.1) is 0 Å². The first-order chi connectivity index (χ1) is 5.81. The van der Waals surface area contributed by atoms with Crippen LogP contribution in [0.5, 0.6) is 0 Å². The van der Waals surface area contributed by atoms with Crippen molar-refractivity contribution in [3.05, 3.63) is 30.6 Å². The Morgan fingerprint density at radius 3 is 3.25 bits per heavy atom. The van der Waals surface area contributed by atoms with Gasteiger partial charge in [0.1, 0.15) is 5.82 Å². The minimum absolute atomic E-state index is 0.922. The molecule has 0 saturated heterocycles. The van der Waals surface area contributed by atoms with E-state index in [1.54, 1.807) is 10.9 Å². The molecule has 0 saturated carbocycles. The van der Waals surface area contributed by atoms with Crippen LogP contribution in [-0.4, -0.2) is 9.78 Å². The van der Waals surface area contributed by atoms with Crippen LogP contribution in [0.2, 0.25) is 0 Å². The number of fused-ring (bicyclic) bond motifs is 1. The maximum absolute atomic E-state index is 4.12. The standard InChI is InChI=1S/C9H11N3/c1-3-8-6-7(2)12-9(11-8)4-5-10-12/h4-6,11H,2-3H2,1H3. The third-order valence-electron chi connectivity index (χ3n) is 1.93. The summed E-state index contributed by atoms with van der Waals surface area (Å²) in [6, 6.07) is 1.94. The Morgan fingerprint density at radius 1 is 1.67 bits per heavy atom. The molecule has 2 heterocycles. The number of anilines is 1. The largest absolute Gasteiger partial charge is 0.344 e. The van der Waals surface area contributed by atoms with Crippen molar-refractivity contribution in [2.75, 3.05) is 5.32 Å². The average Bonchev–Trinajstić information content (AvgIpc) is 2.52. The fourth-order valence-corrected chi connectivity index (χ4v) is 1.28. The lowest BCUT2D eigenvalue weighted by atomic mass is 10.2. The average molecular weight is 161 g/mol. The van der Waals surface area contributed by atoms with Gasteiger partial charge in [0.05, 0.1) is 11.9 Å². The zero-order valence-corrected chi connectivity index (χ0v) is 7.04. The van der Waals surface area contributed by atoms with Crippen molar-refractivity contribution in [2.45, 2.75) is 13.3 Å². The van der Waals surface area contributed by atoms with Gasteiger partial charge in [-0.1, -0.05) is 13.5 Å². The molecule has 1 aromatic rings. The lowest BCUT2D eigenvalue weighted by Gasteiger charge is -2.17. The molecule has 0 aromatic carbocycles. The van der Waals surface area contributed by atoms with Crippen molar-refractivity contribution in [1.29, 1.82) is 0 Å². The highest BCUT2D eigenvalue weighted by Gasteiger charge is 2.10. The van der Waals surface area contributed by atoms with Gasteiger partial charge >= 0.3 is 0 Å². The lowest BCUT2D eigenvalue weighted by Crippen LogP contribution is -2.11. The highest BCUT2D eigenvalue weighted by molar-refractivity contribution is 5.66. The quantitative estimate of drug-likeness (QED) is 0.683. The molecule has 1 aliphatic rings. The van der Waals surface area contributed by atoms with E-state index in [0.29, 0.717) is 0 Å². The van der Waals surface area contributed by atoms with Gasteiger partial charge in [-0.3, -0.25) is 0 Å². The molecular weight excluding hydrogens is 150 g/mol. The van der Waals surface area contributed by atoms with E-state index in [4.69, 9.17) is 0 Å². The third-order valence-corrected chi connectivity index (χ3v) is 1.93. The second-order valence-corrected chi connectivity index (χ2v) is 2.77. The Hall–Kier alpha value is -1.51. The van der Waals surface area contributed by atoms with Gasteiger partial charge in [-0.2, -0.15) is 5.10 Å². The van der Waals surface area contributed by atoms with Gasteiger partial charge in [0.15, 0.2) is 0 Å². The van der Waals surface area contributed by atoms with Gasteiger partial charge in [0, 0.05) is 11.8 Å². The first-order valence-corrected chi connectivity index (χ1v) is 4.02. The molecule has 1 aliphatic heterocycles. The number of allylic oxidation sites excluding steroid dienone is 3. The fraction of sp³-hybridized carbons (Fsp3) is 0.222. The Morgan fingerprint density at radius 2 is 2.50 bits per heavy atom. The molecule has 0 fully saturated rings. The summed E-state index contributed by atoms with van der Waals surface area (Å²) < 4.78 is 1.79. The van der Waals surface area contributed by atoms with Crippen LogP contribution in [0.25, 0.3) is 5.70 Å². The number of aromatic nitrogens is 2. The maximum Gasteiger partial charge on any atom is 0.133 e. The van der Waals surface area contributed by atoms with Crippen molar-refractivity contribution in [2.24, 2.45) is 0 Å². The van der Waals surface area contributed by atoms with Crippen LogP contribution in [0.15, 0.2) is 30.6 Å². The molecule has 2 rings (SSSR count). The molecule has 3 nitrogen and oxygen atoms in total. The highest BCUT2D eigenvalue weighted by atomic mass is 15.3. The van der Waals surface area contributed by atoms with Gasteiger partial charge < -0.3 is 5.32 Å². The van der Waals surface area contributed by atoms with E-state index in [9.17, 15) is 0 Å². The van der Waals surface area contributed by atoms with Crippen LogP contribution in [0.3, 0.4) is 0 Å². The fourth-order valence-electron chi connectivity index (χ4n) is 1.28. The minimum atomic E-state index is 0.922. The Kier molecular flexibility index (Phi) is 1.50. The second-order valence-electron chi connectivity index (χ2n) is 2.77. The van der Waals surface area contributed by atoms with Crippen molar-refractivity contribution < 1.29 is 0 Å². The highest BCUT2D eigenvalue weighted by Crippen LogP contribution is 2.22. The molecule has 0 spiro atoms. The Balaban J connectivity index is 2.42. The molecule has 62 valence electrons. The molecule has 12 heavy (non-hydrogen) atoms. The normalized spacial score (nSPS) is 15.1. The third kappa shape index (κ3) is 0.942. The second kappa shape index (κ2) is 2.52. The van der Waals surface area contributed by atoms with Crippen LogP contribution >= 0.6 is 0 Å². The summed E-state index contributed by atoms with van der Waals surface area (Å²) in [6.45, 7) is 6.02. The monoisotopic (exact) mass is 161 g/mol. The van der Waals surface area contributed by atoms with E-state index >= 15 is 0 Å². The zero-order valence-electron chi connectivity index (χ0n) is 7.04. The van der Waals surface area contributed by atoms with Gasteiger partial charge in [-0.05, 0) is 12.5 Å². The van der Waals surface area contributed by atoms with E-state index in [-0.39, 0.29) is 0 Å². The number of hydrogen-bond acceptors (Lipinski definition) is 2. The molecule has 0 unspecified atom stereocenters. The molecule has 0 radical (unpaired) electrons. The zero-order chi connectivity index (χ0) is 8.55. The minimum Gasteiger partial charge on any atom is -0.344 e. The molecule has 0 aliphatic carbocycles. The number of nitrogens with one attached hydrogen (secondary N) is 1. The van der Waals surface area contributed by atoms with E-state index < -0.39 is 0 Å². The smallest absolute Gasteiger partial charge is 0.133 e. The molecule has 3 heteroatoms. The predicted octanol–water partition coefficient (Wildman–Crippen LogP) is 2.07. The van der Waals surface area contributed by atoms with E-state index in [1.165, 1.54) is 5.70 Å². The Labute approximate surface area is 71.4 Å². The molecule has 0 bridgehead atoms. The van der Waals surface area contributed by atoms with Crippen LogP contribution in [-0.2, 0) is 0 Å². The van der Waals surface area contributed by atoms with Crippen molar-refractivity contribution in [3.8, 4) is 0 Å². The number of nitrogens with zero attached hydrogens (tertiary/aromatic N) is 2. The van der Waals surface area contributed by atoms with Crippen molar-refractivity contribution in [3.63, 3.8) is 0 Å². The van der Waals surface area contributed by atoms with Crippen molar-refractivity contribution in [1.82, 2.24) is 9.78 Å². The van der Waals surface area contributed by atoms with Crippen LogP contribution in [0, 0.1) is 0 Å². The summed E-state index contributed by atoms with van der Waals surface area (Å²) >= 11 is 0. The van der Waals surface area contributed by atoms with Crippen LogP contribution < -0.4 is 5.32 Å². The lowest BCUT2D eigenvalue weighted by molar-refractivity contribution is 0.892. The predicted molar refractivity (Wildman–Crippen MR) is 49.6 cm³/mol. The van der Waals surface area contributed by atoms with Gasteiger partial charge in [-0.25, -0.2) is 4.68 Å². The summed E-state index contributed by atoms with van der Waals surface area (Å²) in [6.07, 6.45) is 4.77. The maximum atomic E-state index is 4.12. The summed E-state index contributed by atoms with van der Waals surface area (Å²) in [5.74, 6) is 0.999. The van der Waals surface area contributed by atoms with Gasteiger partial charge in [0.25, 0.3) is 0 Å². The SMILES string of the molecule is C=C1C=C(CC)Nc2ccnn21. The van der Waals surface area contributed by atoms with E-state index in [1.807, 2.05) is 12.1 Å². The Bertz CT molecular complexity index is 346. The topological polar surface area (TPSA) is 29.9 Å². The van der Waals surface area contributed by atoms with Crippen molar-refractivity contribution >= 4 is 11.5 Å². The first kappa shape index (κ1) is 7.16. The van der Waals surface area contributed by atoms with E-state index in [2.05, 4.69) is 23.9 Å². The van der Waals surface area contributed by atoms with Gasteiger partial charge in [0.2, 0.25) is 0 Å². The number of rotatable bonds is 1. The number of hydrogen-bond donors (Lipinski definition) is 1. The van der Waals surface area contributed by atoms with E-state index in [0.717, 1.165) is 17.9 Å². The molecule has 0 amide bonds.